The lowest BCUT2D eigenvalue weighted by Crippen LogP contribution is -2.08. The molecule has 0 saturated heterocycles. The summed E-state index contributed by atoms with van der Waals surface area (Å²) in [6.45, 7) is 8.55. The standard InChI is InChI=1S/C27H28O3/c1-4-18-29-25-14-16-26(17-15-25)30-27(28)24-12-10-23(11-13-24)22-8-6-21(7-9-22)19-20(3)5-2/h4,6-17,20H,1,5,18-19H2,2-3H3/t20-/m0/s1. The van der Waals surface area contributed by atoms with Gasteiger partial charge in [0.25, 0.3) is 0 Å². The Balaban J connectivity index is 1.62. The minimum absolute atomic E-state index is 0.384. The quantitative estimate of drug-likeness (QED) is 0.227. The molecule has 3 aromatic rings. The topological polar surface area (TPSA) is 35.5 Å². The average Bonchev–Trinajstić information content (AvgIpc) is 2.79. The van der Waals surface area contributed by atoms with Crippen LogP contribution in [0.15, 0.2) is 85.5 Å². The molecule has 3 heteroatoms. The molecule has 0 heterocycles. The van der Waals surface area contributed by atoms with Crippen LogP contribution in [0.2, 0.25) is 0 Å². The van der Waals surface area contributed by atoms with Crippen molar-refractivity contribution < 1.29 is 14.3 Å². The molecular formula is C27H28O3. The molecule has 0 aliphatic rings. The second-order valence-electron chi connectivity index (χ2n) is 7.45. The van der Waals surface area contributed by atoms with E-state index in [0.29, 0.717) is 29.6 Å². The normalized spacial score (nSPS) is 11.5. The van der Waals surface area contributed by atoms with Crippen molar-refractivity contribution in [3.63, 3.8) is 0 Å². The molecular weight excluding hydrogens is 372 g/mol. The summed E-state index contributed by atoms with van der Waals surface area (Å²) in [7, 11) is 0. The summed E-state index contributed by atoms with van der Waals surface area (Å²) in [4.78, 5) is 12.4. The van der Waals surface area contributed by atoms with Gasteiger partial charge in [-0.05, 0) is 65.4 Å². The lowest BCUT2D eigenvalue weighted by molar-refractivity contribution is 0.0734. The summed E-state index contributed by atoms with van der Waals surface area (Å²) in [5, 5.41) is 0. The van der Waals surface area contributed by atoms with Crippen molar-refractivity contribution in [3.05, 3.63) is 96.6 Å². The summed E-state index contributed by atoms with van der Waals surface area (Å²) in [6, 6.07) is 23.1. The van der Waals surface area contributed by atoms with E-state index in [4.69, 9.17) is 9.47 Å². The van der Waals surface area contributed by atoms with Gasteiger partial charge >= 0.3 is 5.97 Å². The maximum Gasteiger partial charge on any atom is 0.343 e. The lowest BCUT2D eigenvalue weighted by atomic mass is 9.96. The van der Waals surface area contributed by atoms with Crippen LogP contribution in [0.3, 0.4) is 0 Å². The maximum atomic E-state index is 12.4. The van der Waals surface area contributed by atoms with Gasteiger partial charge in [-0.3, -0.25) is 0 Å². The predicted octanol–water partition coefficient (Wildman–Crippen LogP) is 6.73. The number of benzene rings is 3. The second-order valence-corrected chi connectivity index (χ2v) is 7.45. The van der Waals surface area contributed by atoms with Crippen molar-refractivity contribution in [3.8, 4) is 22.6 Å². The molecule has 0 saturated carbocycles. The lowest BCUT2D eigenvalue weighted by Gasteiger charge is -2.10. The Bertz CT molecular complexity index is 954. The van der Waals surface area contributed by atoms with E-state index in [0.717, 1.165) is 17.5 Å². The van der Waals surface area contributed by atoms with E-state index in [1.54, 1.807) is 42.5 Å². The first-order chi connectivity index (χ1) is 14.6. The highest BCUT2D eigenvalue weighted by atomic mass is 16.5. The van der Waals surface area contributed by atoms with Gasteiger partial charge in [0.1, 0.15) is 18.1 Å². The van der Waals surface area contributed by atoms with Crippen molar-refractivity contribution >= 4 is 5.97 Å². The number of hydrogen-bond donors (Lipinski definition) is 0. The minimum atomic E-state index is -0.384. The van der Waals surface area contributed by atoms with Gasteiger partial charge in [-0.2, -0.15) is 0 Å². The number of carbonyl (C=O) groups is 1. The van der Waals surface area contributed by atoms with Crippen LogP contribution >= 0.6 is 0 Å². The molecule has 3 rings (SSSR count). The highest BCUT2D eigenvalue weighted by molar-refractivity contribution is 5.91. The van der Waals surface area contributed by atoms with Crippen molar-refractivity contribution in [2.45, 2.75) is 26.7 Å². The first-order valence-electron chi connectivity index (χ1n) is 10.3. The van der Waals surface area contributed by atoms with Gasteiger partial charge in [0.2, 0.25) is 0 Å². The monoisotopic (exact) mass is 400 g/mol. The number of ether oxygens (including phenoxy) is 2. The fourth-order valence-electron chi connectivity index (χ4n) is 3.10. The zero-order chi connectivity index (χ0) is 21.3. The molecule has 3 nitrogen and oxygen atoms in total. The molecule has 0 radical (unpaired) electrons. The molecule has 0 unspecified atom stereocenters. The Kier molecular flexibility index (Phi) is 7.45. The van der Waals surface area contributed by atoms with Crippen molar-refractivity contribution in [1.29, 1.82) is 0 Å². The Morgan fingerprint density at radius 3 is 2.03 bits per heavy atom. The van der Waals surface area contributed by atoms with E-state index in [-0.39, 0.29) is 5.97 Å². The summed E-state index contributed by atoms with van der Waals surface area (Å²) >= 11 is 0. The number of carbonyl (C=O) groups excluding carboxylic acids is 1. The van der Waals surface area contributed by atoms with Gasteiger partial charge in [-0.25, -0.2) is 4.79 Å². The zero-order valence-electron chi connectivity index (χ0n) is 17.6. The van der Waals surface area contributed by atoms with Crippen molar-refractivity contribution in [2.75, 3.05) is 6.61 Å². The molecule has 3 aromatic carbocycles. The Morgan fingerprint density at radius 1 is 0.900 bits per heavy atom. The number of esters is 1. The van der Waals surface area contributed by atoms with Crippen LogP contribution in [0, 0.1) is 5.92 Å². The van der Waals surface area contributed by atoms with Crippen LogP contribution in [0.4, 0.5) is 0 Å². The largest absolute Gasteiger partial charge is 0.490 e. The van der Waals surface area contributed by atoms with E-state index < -0.39 is 0 Å². The fraction of sp³-hybridized carbons (Fsp3) is 0.222. The molecule has 0 aliphatic heterocycles. The third-order valence-electron chi connectivity index (χ3n) is 5.09. The van der Waals surface area contributed by atoms with Gasteiger partial charge in [0.15, 0.2) is 0 Å². The number of hydrogen-bond acceptors (Lipinski definition) is 3. The van der Waals surface area contributed by atoms with Crippen LogP contribution in [-0.2, 0) is 6.42 Å². The summed E-state index contributed by atoms with van der Waals surface area (Å²) in [6.07, 6.45) is 3.97. The second kappa shape index (κ2) is 10.4. The molecule has 0 bridgehead atoms. The van der Waals surface area contributed by atoms with Crippen LogP contribution < -0.4 is 9.47 Å². The van der Waals surface area contributed by atoms with Gasteiger partial charge in [0.05, 0.1) is 5.56 Å². The third kappa shape index (κ3) is 5.84. The molecule has 154 valence electrons. The van der Waals surface area contributed by atoms with Gasteiger partial charge in [-0.15, -0.1) is 0 Å². The van der Waals surface area contributed by atoms with E-state index >= 15 is 0 Å². The maximum absolute atomic E-state index is 12.4. The molecule has 0 aromatic heterocycles. The smallest absolute Gasteiger partial charge is 0.343 e. The molecule has 0 spiro atoms. The molecule has 0 N–H and O–H groups in total. The summed E-state index contributed by atoms with van der Waals surface area (Å²) < 4.78 is 10.9. The highest BCUT2D eigenvalue weighted by Gasteiger charge is 2.09. The van der Waals surface area contributed by atoms with E-state index in [1.807, 2.05) is 12.1 Å². The Morgan fingerprint density at radius 2 is 1.47 bits per heavy atom. The summed E-state index contributed by atoms with van der Waals surface area (Å²) in [5.74, 6) is 1.49. The van der Waals surface area contributed by atoms with E-state index in [9.17, 15) is 4.79 Å². The molecule has 1 atom stereocenters. The predicted molar refractivity (Wildman–Crippen MR) is 122 cm³/mol. The van der Waals surface area contributed by atoms with Crippen LogP contribution in [0.1, 0.15) is 36.2 Å². The first-order valence-corrected chi connectivity index (χ1v) is 10.3. The first kappa shape index (κ1) is 21.4. The minimum Gasteiger partial charge on any atom is -0.490 e. The molecule has 0 fully saturated rings. The third-order valence-corrected chi connectivity index (χ3v) is 5.09. The average molecular weight is 401 g/mol. The molecule has 0 amide bonds. The molecule has 0 aliphatic carbocycles. The highest BCUT2D eigenvalue weighted by Crippen LogP contribution is 2.23. The fourth-order valence-corrected chi connectivity index (χ4v) is 3.10. The van der Waals surface area contributed by atoms with Crippen LogP contribution in [0.25, 0.3) is 11.1 Å². The summed E-state index contributed by atoms with van der Waals surface area (Å²) in [5.41, 5.74) is 4.08. The van der Waals surface area contributed by atoms with Crippen LogP contribution in [-0.4, -0.2) is 12.6 Å². The molecule has 30 heavy (non-hydrogen) atoms. The van der Waals surface area contributed by atoms with Gasteiger partial charge in [-0.1, -0.05) is 69.3 Å². The van der Waals surface area contributed by atoms with Gasteiger partial charge < -0.3 is 9.47 Å². The Labute approximate surface area is 179 Å². The van der Waals surface area contributed by atoms with E-state index in [2.05, 4.69) is 44.7 Å². The van der Waals surface area contributed by atoms with Crippen molar-refractivity contribution in [1.82, 2.24) is 0 Å². The number of rotatable bonds is 9. The van der Waals surface area contributed by atoms with Crippen molar-refractivity contribution in [2.24, 2.45) is 5.92 Å². The Hall–Kier alpha value is -3.33. The SMILES string of the molecule is C=CCOc1ccc(OC(=O)c2ccc(-c3ccc(C[C@@H](C)CC)cc3)cc2)cc1. The van der Waals surface area contributed by atoms with Crippen LogP contribution in [0.5, 0.6) is 11.5 Å². The van der Waals surface area contributed by atoms with Gasteiger partial charge in [0, 0.05) is 0 Å². The zero-order valence-corrected chi connectivity index (χ0v) is 17.6. The van der Waals surface area contributed by atoms with E-state index in [1.165, 1.54) is 12.0 Å².